The molecule has 0 spiro atoms. The van der Waals surface area contributed by atoms with Gasteiger partial charge in [0.15, 0.2) is 0 Å². The Kier molecular flexibility index (Phi) is 3.32. The zero-order valence-electron chi connectivity index (χ0n) is 11.4. The van der Waals surface area contributed by atoms with Crippen LogP contribution in [0, 0.1) is 6.92 Å². The van der Waals surface area contributed by atoms with E-state index in [1.807, 2.05) is 31.3 Å². The number of aromatic nitrogens is 1. The third kappa shape index (κ3) is 2.23. The van der Waals surface area contributed by atoms with Crippen LogP contribution in [0.1, 0.15) is 33.3 Å². The molecule has 4 nitrogen and oxygen atoms in total. The number of fused-ring (bicyclic) bond motifs is 1. The number of nitrogens with zero attached hydrogens (tertiary/aromatic N) is 1. The van der Waals surface area contributed by atoms with Crippen LogP contribution in [-0.2, 0) is 17.7 Å². The maximum atomic E-state index is 11.3. The summed E-state index contributed by atoms with van der Waals surface area (Å²) in [5, 5.41) is 9.30. The lowest BCUT2D eigenvalue weighted by Crippen LogP contribution is -2.22. The Morgan fingerprint density at radius 3 is 3.00 bits per heavy atom. The van der Waals surface area contributed by atoms with Crippen LogP contribution in [0.25, 0.3) is 0 Å². The lowest BCUT2D eigenvalue weighted by Gasteiger charge is -2.26. The second kappa shape index (κ2) is 5.13. The van der Waals surface area contributed by atoms with Crippen molar-refractivity contribution in [3.8, 4) is 0 Å². The average molecular weight is 271 g/mol. The van der Waals surface area contributed by atoms with E-state index in [1.54, 1.807) is 4.57 Å². The van der Waals surface area contributed by atoms with Crippen molar-refractivity contribution < 1.29 is 14.6 Å². The van der Waals surface area contributed by atoms with E-state index in [4.69, 9.17) is 4.74 Å². The zero-order chi connectivity index (χ0) is 14.1. The molecule has 0 amide bonds. The molecular formula is C16H17NO3. The molecule has 1 aliphatic heterocycles. The predicted molar refractivity (Wildman–Crippen MR) is 75.0 cm³/mol. The van der Waals surface area contributed by atoms with Crippen molar-refractivity contribution in [1.29, 1.82) is 0 Å². The summed E-state index contributed by atoms with van der Waals surface area (Å²) in [6.07, 6.45) is 2.66. The fourth-order valence-electron chi connectivity index (χ4n) is 2.83. The molecule has 2 heterocycles. The zero-order valence-corrected chi connectivity index (χ0v) is 11.4. The molecule has 1 aromatic carbocycles. The van der Waals surface area contributed by atoms with E-state index in [1.165, 1.54) is 11.1 Å². The van der Waals surface area contributed by atoms with Gasteiger partial charge in [0.2, 0.25) is 0 Å². The molecule has 1 atom stereocenters. The molecule has 104 valence electrons. The fraction of sp³-hybridized carbons (Fsp3) is 0.312. The smallest absolute Gasteiger partial charge is 0.352 e. The minimum Gasteiger partial charge on any atom is -0.477 e. The lowest BCUT2D eigenvalue weighted by molar-refractivity contribution is 0.0296. The highest BCUT2D eigenvalue weighted by Gasteiger charge is 2.23. The van der Waals surface area contributed by atoms with Crippen molar-refractivity contribution in [2.45, 2.75) is 26.0 Å². The third-order valence-electron chi connectivity index (χ3n) is 3.82. The minimum absolute atomic E-state index is 0.0788. The first-order valence-electron chi connectivity index (χ1n) is 6.75. The van der Waals surface area contributed by atoms with E-state index in [0.717, 1.165) is 12.0 Å². The van der Waals surface area contributed by atoms with Crippen molar-refractivity contribution in [2.24, 2.45) is 0 Å². The monoisotopic (exact) mass is 271 g/mol. The SMILES string of the molecule is Cc1ccn(CC2OCCc3ccccc32)c1C(=O)O. The summed E-state index contributed by atoms with van der Waals surface area (Å²) < 4.78 is 7.61. The summed E-state index contributed by atoms with van der Waals surface area (Å²) >= 11 is 0. The van der Waals surface area contributed by atoms with Gasteiger partial charge in [-0.3, -0.25) is 0 Å². The van der Waals surface area contributed by atoms with Crippen molar-refractivity contribution in [1.82, 2.24) is 4.57 Å². The maximum absolute atomic E-state index is 11.3. The summed E-state index contributed by atoms with van der Waals surface area (Å²) in [6, 6.07) is 10.0. The van der Waals surface area contributed by atoms with Crippen molar-refractivity contribution in [3.05, 3.63) is 58.9 Å². The highest BCUT2D eigenvalue weighted by Crippen LogP contribution is 2.29. The Bertz CT molecular complexity index is 645. The van der Waals surface area contributed by atoms with E-state index in [2.05, 4.69) is 12.1 Å². The molecular weight excluding hydrogens is 254 g/mol. The Labute approximate surface area is 117 Å². The van der Waals surface area contributed by atoms with E-state index >= 15 is 0 Å². The molecule has 20 heavy (non-hydrogen) atoms. The van der Waals surface area contributed by atoms with Gasteiger partial charge in [-0.2, -0.15) is 0 Å². The van der Waals surface area contributed by atoms with Gasteiger partial charge in [0.1, 0.15) is 11.8 Å². The molecule has 4 heteroatoms. The number of carbonyl (C=O) groups is 1. The number of aryl methyl sites for hydroxylation is 1. The molecule has 0 saturated carbocycles. The molecule has 3 rings (SSSR count). The quantitative estimate of drug-likeness (QED) is 0.934. The first kappa shape index (κ1) is 12.9. The van der Waals surface area contributed by atoms with Gasteiger partial charge in [-0.15, -0.1) is 0 Å². The summed E-state index contributed by atoms with van der Waals surface area (Å²) in [5.41, 5.74) is 3.59. The Hall–Kier alpha value is -2.07. The van der Waals surface area contributed by atoms with Crippen molar-refractivity contribution in [2.75, 3.05) is 6.61 Å². The van der Waals surface area contributed by atoms with Gasteiger partial charge in [0.25, 0.3) is 0 Å². The number of aromatic carboxylic acids is 1. The number of hydrogen-bond acceptors (Lipinski definition) is 2. The molecule has 0 radical (unpaired) electrons. The standard InChI is InChI=1S/C16H17NO3/c1-11-6-8-17(15(11)16(18)19)10-14-13-5-3-2-4-12(13)7-9-20-14/h2-6,8,14H,7,9-10H2,1H3,(H,18,19). The van der Waals surface area contributed by atoms with Crippen LogP contribution < -0.4 is 0 Å². The summed E-state index contributed by atoms with van der Waals surface area (Å²) in [7, 11) is 0. The van der Waals surface area contributed by atoms with Gasteiger partial charge in [0.05, 0.1) is 13.2 Å². The number of carboxylic acid groups (broad SMARTS) is 1. The number of carboxylic acids is 1. The molecule has 0 bridgehead atoms. The Balaban J connectivity index is 1.92. The van der Waals surface area contributed by atoms with Crippen molar-refractivity contribution >= 4 is 5.97 Å². The molecule has 1 aromatic heterocycles. The Morgan fingerprint density at radius 2 is 2.20 bits per heavy atom. The van der Waals surface area contributed by atoms with Crippen LogP contribution in [-0.4, -0.2) is 22.2 Å². The molecule has 0 fully saturated rings. The number of hydrogen-bond donors (Lipinski definition) is 1. The molecule has 0 aliphatic carbocycles. The molecule has 1 unspecified atom stereocenters. The van der Waals surface area contributed by atoms with Crippen LogP contribution in [0.15, 0.2) is 36.5 Å². The van der Waals surface area contributed by atoms with Gasteiger partial charge in [-0.05, 0) is 36.1 Å². The van der Waals surface area contributed by atoms with Crippen LogP contribution in [0.2, 0.25) is 0 Å². The average Bonchev–Trinajstić information content (AvgIpc) is 2.80. The Morgan fingerprint density at radius 1 is 1.40 bits per heavy atom. The lowest BCUT2D eigenvalue weighted by atomic mass is 9.97. The maximum Gasteiger partial charge on any atom is 0.352 e. The topological polar surface area (TPSA) is 51.5 Å². The van der Waals surface area contributed by atoms with Gasteiger partial charge in [-0.25, -0.2) is 4.79 Å². The molecule has 2 aromatic rings. The molecule has 0 saturated heterocycles. The van der Waals surface area contributed by atoms with Gasteiger partial charge < -0.3 is 14.4 Å². The van der Waals surface area contributed by atoms with Gasteiger partial charge in [-0.1, -0.05) is 24.3 Å². The van der Waals surface area contributed by atoms with E-state index < -0.39 is 5.97 Å². The van der Waals surface area contributed by atoms with Gasteiger partial charge in [0, 0.05) is 6.20 Å². The van der Waals surface area contributed by atoms with Crippen LogP contribution in [0.4, 0.5) is 0 Å². The number of rotatable bonds is 3. The number of benzene rings is 1. The van der Waals surface area contributed by atoms with Gasteiger partial charge >= 0.3 is 5.97 Å². The summed E-state index contributed by atoms with van der Waals surface area (Å²) in [4.78, 5) is 11.3. The highest BCUT2D eigenvalue weighted by molar-refractivity contribution is 5.87. The number of ether oxygens (including phenoxy) is 1. The second-order valence-corrected chi connectivity index (χ2v) is 5.11. The van der Waals surface area contributed by atoms with Crippen LogP contribution >= 0.6 is 0 Å². The second-order valence-electron chi connectivity index (χ2n) is 5.11. The third-order valence-corrected chi connectivity index (χ3v) is 3.82. The van der Waals surface area contributed by atoms with Crippen LogP contribution in [0.5, 0.6) is 0 Å². The van der Waals surface area contributed by atoms with E-state index in [-0.39, 0.29) is 6.10 Å². The predicted octanol–water partition coefficient (Wildman–Crippen LogP) is 2.81. The first-order valence-corrected chi connectivity index (χ1v) is 6.75. The van der Waals surface area contributed by atoms with E-state index in [9.17, 15) is 9.90 Å². The van der Waals surface area contributed by atoms with E-state index in [0.29, 0.717) is 18.8 Å². The van der Waals surface area contributed by atoms with Crippen molar-refractivity contribution in [3.63, 3.8) is 0 Å². The fourth-order valence-corrected chi connectivity index (χ4v) is 2.83. The first-order chi connectivity index (χ1) is 9.66. The summed E-state index contributed by atoms with van der Waals surface area (Å²) in [5.74, 6) is -0.892. The molecule has 1 aliphatic rings. The normalized spacial score (nSPS) is 17.8. The largest absolute Gasteiger partial charge is 0.477 e. The molecule has 1 N–H and O–H groups in total. The minimum atomic E-state index is -0.892. The van der Waals surface area contributed by atoms with Crippen LogP contribution in [0.3, 0.4) is 0 Å². The summed E-state index contributed by atoms with van der Waals surface area (Å²) in [6.45, 7) is 3.03. The highest BCUT2D eigenvalue weighted by atomic mass is 16.5.